The van der Waals surface area contributed by atoms with Crippen LogP contribution in [0.1, 0.15) is 12.8 Å². The molecule has 0 amide bonds. The van der Waals surface area contributed by atoms with E-state index in [2.05, 4.69) is 29.9 Å². The quantitative estimate of drug-likeness (QED) is 0.532. The summed E-state index contributed by atoms with van der Waals surface area (Å²) in [4.78, 5) is 31.8. The molecular formula is C21H19N7O. The highest BCUT2D eigenvalue weighted by Crippen LogP contribution is 2.29. The summed E-state index contributed by atoms with van der Waals surface area (Å²) < 4.78 is 1.56. The number of rotatable bonds is 4. The fourth-order valence-electron chi connectivity index (χ4n) is 3.88. The third kappa shape index (κ3) is 3.33. The van der Waals surface area contributed by atoms with E-state index in [0.29, 0.717) is 6.54 Å². The highest BCUT2D eigenvalue weighted by atomic mass is 16.1. The first kappa shape index (κ1) is 17.4. The van der Waals surface area contributed by atoms with Crippen molar-refractivity contribution >= 4 is 16.7 Å². The largest absolute Gasteiger partial charge is 0.351 e. The average Bonchev–Trinajstić information content (AvgIpc) is 3.23. The second-order valence-electron chi connectivity index (χ2n) is 7.05. The molecule has 1 saturated heterocycles. The minimum Gasteiger partial charge on any atom is -0.351 e. The van der Waals surface area contributed by atoms with Crippen molar-refractivity contribution < 1.29 is 0 Å². The van der Waals surface area contributed by atoms with E-state index in [-0.39, 0.29) is 11.6 Å². The zero-order valence-electron chi connectivity index (χ0n) is 15.7. The predicted octanol–water partition coefficient (Wildman–Crippen LogP) is 2.31. The van der Waals surface area contributed by atoms with Crippen molar-refractivity contribution in [3.05, 3.63) is 71.8 Å². The molecule has 0 aliphatic carbocycles. The minimum atomic E-state index is -0.105. The highest BCUT2D eigenvalue weighted by molar-refractivity contribution is 5.88. The maximum absolute atomic E-state index is 12.5. The Labute approximate surface area is 166 Å². The van der Waals surface area contributed by atoms with Gasteiger partial charge in [0.15, 0.2) is 0 Å². The van der Waals surface area contributed by atoms with Crippen LogP contribution in [0, 0.1) is 0 Å². The maximum Gasteiger partial charge on any atom is 0.266 e. The number of nitrogens with zero attached hydrogens (tertiary/aromatic N) is 7. The first-order valence-electron chi connectivity index (χ1n) is 9.59. The Morgan fingerprint density at radius 2 is 1.86 bits per heavy atom. The molecule has 4 aromatic rings. The van der Waals surface area contributed by atoms with Gasteiger partial charge in [-0.3, -0.25) is 14.8 Å². The lowest BCUT2D eigenvalue weighted by atomic mass is 10.2. The Balaban J connectivity index is 1.48. The molecule has 0 saturated carbocycles. The van der Waals surface area contributed by atoms with Crippen molar-refractivity contribution in [1.82, 2.24) is 29.7 Å². The number of pyridine rings is 2. The molecule has 8 heteroatoms. The van der Waals surface area contributed by atoms with Crippen molar-refractivity contribution in [2.24, 2.45) is 0 Å². The lowest BCUT2D eigenvalue weighted by Crippen LogP contribution is -2.37. The van der Waals surface area contributed by atoms with Gasteiger partial charge in [0.25, 0.3) is 5.56 Å². The van der Waals surface area contributed by atoms with Crippen LogP contribution in [-0.4, -0.2) is 42.3 Å². The van der Waals surface area contributed by atoms with E-state index in [9.17, 15) is 4.79 Å². The summed E-state index contributed by atoms with van der Waals surface area (Å²) in [5.74, 6) is 0.887. The van der Waals surface area contributed by atoms with Crippen LogP contribution in [0.4, 0.5) is 5.82 Å². The van der Waals surface area contributed by atoms with E-state index in [1.54, 1.807) is 47.9 Å². The van der Waals surface area contributed by atoms with Crippen molar-refractivity contribution in [3.63, 3.8) is 0 Å². The lowest BCUT2D eigenvalue weighted by Gasteiger charge is -2.26. The van der Waals surface area contributed by atoms with Gasteiger partial charge in [-0.1, -0.05) is 0 Å². The fourth-order valence-corrected chi connectivity index (χ4v) is 3.88. The molecule has 0 N–H and O–H groups in total. The summed E-state index contributed by atoms with van der Waals surface area (Å²) in [6.45, 7) is 1.40. The van der Waals surface area contributed by atoms with Gasteiger partial charge < -0.3 is 4.90 Å². The van der Waals surface area contributed by atoms with Gasteiger partial charge >= 0.3 is 0 Å². The molecule has 1 atom stereocenters. The van der Waals surface area contributed by atoms with E-state index in [1.165, 1.54) is 0 Å². The number of anilines is 1. The molecule has 1 fully saturated rings. The highest BCUT2D eigenvalue weighted by Gasteiger charge is 2.28. The molecule has 0 spiro atoms. The SMILES string of the molecule is O=c1ccc(-c2ccncc2)nn1CC1CCCN1c1ncnc2cnccc12. The van der Waals surface area contributed by atoms with Gasteiger partial charge in [0.05, 0.1) is 30.0 Å². The van der Waals surface area contributed by atoms with E-state index in [1.807, 2.05) is 18.2 Å². The molecule has 144 valence electrons. The third-order valence-electron chi connectivity index (χ3n) is 5.29. The normalized spacial score (nSPS) is 16.4. The van der Waals surface area contributed by atoms with E-state index in [0.717, 1.165) is 47.4 Å². The Kier molecular flexibility index (Phi) is 4.44. The van der Waals surface area contributed by atoms with Gasteiger partial charge in [0.1, 0.15) is 12.1 Å². The zero-order chi connectivity index (χ0) is 19.6. The van der Waals surface area contributed by atoms with Crippen LogP contribution in [0.2, 0.25) is 0 Å². The first-order chi connectivity index (χ1) is 14.3. The molecule has 4 aromatic heterocycles. The Hall–Kier alpha value is -3.68. The van der Waals surface area contributed by atoms with Crippen LogP contribution >= 0.6 is 0 Å². The molecular weight excluding hydrogens is 366 g/mol. The Bertz CT molecular complexity index is 1200. The van der Waals surface area contributed by atoms with Crippen molar-refractivity contribution in [3.8, 4) is 11.3 Å². The summed E-state index contributed by atoms with van der Waals surface area (Å²) in [5, 5.41) is 5.58. The fraction of sp³-hybridized carbons (Fsp3) is 0.238. The Morgan fingerprint density at radius 1 is 1.00 bits per heavy atom. The van der Waals surface area contributed by atoms with Crippen LogP contribution in [0.25, 0.3) is 22.2 Å². The van der Waals surface area contributed by atoms with Crippen molar-refractivity contribution in [2.45, 2.75) is 25.4 Å². The minimum absolute atomic E-state index is 0.105. The van der Waals surface area contributed by atoms with Crippen LogP contribution in [0.15, 0.2) is 66.2 Å². The zero-order valence-corrected chi connectivity index (χ0v) is 15.7. The number of fused-ring (bicyclic) bond motifs is 1. The molecule has 5 rings (SSSR count). The van der Waals surface area contributed by atoms with Gasteiger partial charge in [-0.25, -0.2) is 14.6 Å². The summed E-state index contributed by atoms with van der Waals surface area (Å²) in [7, 11) is 0. The second-order valence-corrected chi connectivity index (χ2v) is 7.05. The molecule has 0 aromatic carbocycles. The lowest BCUT2D eigenvalue weighted by molar-refractivity contribution is 0.489. The topological polar surface area (TPSA) is 89.7 Å². The molecule has 0 radical (unpaired) electrons. The van der Waals surface area contributed by atoms with Crippen LogP contribution < -0.4 is 10.5 Å². The molecule has 1 aliphatic rings. The van der Waals surface area contributed by atoms with Gasteiger partial charge in [-0.2, -0.15) is 5.10 Å². The molecule has 1 aliphatic heterocycles. The first-order valence-corrected chi connectivity index (χ1v) is 9.59. The van der Waals surface area contributed by atoms with Crippen LogP contribution in [-0.2, 0) is 6.54 Å². The standard InChI is InChI=1S/C21H19N7O/c29-20-4-3-18(15-5-8-22-9-6-15)26-28(20)13-16-2-1-11-27(16)21-17-7-10-23-12-19(17)24-14-25-21/h3-10,12,14,16H,1-2,11,13H2. The molecule has 29 heavy (non-hydrogen) atoms. The second kappa shape index (κ2) is 7.38. The van der Waals surface area contributed by atoms with Gasteiger partial charge in [-0.15, -0.1) is 0 Å². The molecule has 1 unspecified atom stereocenters. The van der Waals surface area contributed by atoms with Crippen LogP contribution in [0.5, 0.6) is 0 Å². The van der Waals surface area contributed by atoms with E-state index in [4.69, 9.17) is 0 Å². The van der Waals surface area contributed by atoms with Crippen molar-refractivity contribution in [1.29, 1.82) is 0 Å². The summed E-state index contributed by atoms with van der Waals surface area (Å²) in [6, 6.07) is 9.19. The van der Waals surface area contributed by atoms with Gasteiger partial charge in [0.2, 0.25) is 0 Å². The summed E-state index contributed by atoms with van der Waals surface area (Å²) in [5.41, 5.74) is 2.41. The maximum atomic E-state index is 12.5. The summed E-state index contributed by atoms with van der Waals surface area (Å²) in [6.07, 6.45) is 10.5. The smallest absolute Gasteiger partial charge is 0.266 e. The summed E-state index contributed by atoms with van der Waals surface area (Å²) >= 11 is 0. The predicted molar refractivity (Wildman–Crippen MR) is 109 cm³/mol. The number of aromatic nitrogens is 6. The monoisotopic (exact) mass is 385 g/mol. The van der Waals surface area contributed by atoms with Gasteiger partial charge in [0, 0.05) is 42.2 Å². The van der Waals surface area contributed by atoms with Gasteiger partial charge in [-0.05, 0) is 37.1 Å². The van der Waals surface area contributed by atoms with E-state index < -0.39 is 0 Å². The van der Waals surface area contributed by atoms with Crippen molar-refractivity contribution in [2.75, 3.05) is 11.4 Å². The molecule has 0 bridgehead atoms. The average molecular weight is 385 g/mol. The third-order valence-corrected chi connectivity index (χ3v) is 5.29. The number of hydrogen-bond acceptors (Lipinski definition) is 7. The molecule has 8 nitrogen and oxygen atoms in total. The van der Waals surface area contributed by atoms with E-state index >= 15 is 0 Å². The number of hydrogen-bond donors (Lipinski definition) is 0. The van der Waals surface area contributed by atoms with Crippen LogP contribution in [0.3, 0.4) is 0 Å². The molecule has 5 heterocycles. The Morgan fingerprint density at radius 3 is 2.76 bits per heavy atom.